The van der Waals surface area contributed by atoms with Crippen LogP contribution in [0.2, 0.25) is 0 Å². The molecule has 14 heavy (non-hydrogen) atoms. The zero-order valence-electron chi connectivity index (χ0n) is 7.30. The third-order valence-corrected chi connectivity index (χ3v) is 2.89. The van der Waals surface area contributed by atoms with Gasteiger partial charge in [0.15, 0.2) is 0 Å². The molecule has 2 aromatic rings. The lowest BCUT2D eigenvalue weighted by Gasteiger charge is -2.01. The minimum Gasteiger partial charge on any atom is -0.0605 e. The largest absolute Gasteiger partial charge is 0.0605 e. The van der Waals surface area contributed by atoms with E-state index in [1.165, 1.54) is 5.56 Å². The van der Waals surface area contributed by atoms with Gasteiger partial charge in [0.05, 0.1) is 0 Å². The summed E-state index contributed by atoms with van der Waals surface area (Å²) in [4.78, 5) is 0. The molecule has 0 heterocycles. The Hall–Kier alpha value is -0.600. The van der Waals surface area contributed by atoms with Crippen molar-refractivity contribution >= 4 is 31.9 Å². The second-order valence-corrected chi connectivity index (χ2v) is 4.76. The summed E-state index contributed by atoms with van der Waals surface area (Å²) in [5.74, 6) is 0. The van der Waals surface area contributed by atoms with Crippen LogP contribution in [0.1, 0.15) is 0 Å². The third kappa shape index (κ3) is 2.25. The van der Waals surface area contributed by atoms with Gasteiger partial charge in [-0.15, -0.1) is 0 Å². The SMILES string of the molecule is Brc1cc[c]c(-c2cccc(Br)c2)c1. The van der Waals surface area contributed by atoms with Crippen LogP contribution in [-0.2, 0) is 0 Å². The Labute approximate surface area is 100 Å². The zero-order chi connectivity index (χ0) is 9.97. The first-order chi connectivity index (χ1) is 6.75. The van der Waals surface area contributed by atoms with Crippen LogP contribution in [0.5, 0.6) is 0 Å². The molecule has 0 atom stereocenters. The smallest absolute Gasteiger partial charge is 0.0181 e. The molecule has 0 aliphatic rings. The molecule has 0 fully saturated rings. The molecule has 2 heteroatoms. The van der Waals surface area contributed by atoms with Crippen LogP contribution in [-0.4, -0.2) is 0 Å². The highest BCUT2D eigenvalue weighted by Gasteiger charge is 1.98. The van der Waals surface area contributed by atoms with Crippen molar-refractivity contribution in [2.24, 2.45) is 0 Å². The standard InChI is InChI=1S/C12H7Br2/c13-11-5-1-3-9(7-11)10-4-2-6-12(14)8-10/h1-3,5-8H. The zero-order valence-corrected chi connectivity index (χ0v) is 10.5. The van der Waals surface area contributed by atoms with Crippen molar-refractivity contribution < 1.29 is 0 Å². The normalized spacial score (nSPS) is 10.1. The summed E-state index contributed by atoms with van der Waals surface area (Å²) in [6.07, 6.45) is 0. The fourth-order valence-electron chi connectivity index (χ4n) is 1.26. The highest BCUT2D eigenvalue weighted by Crippen LogP contribution is 2.24. The molecule has 1 radical (unpaired) electrons. The van der Waals surface area contributed by atoms with Crippen LogP contribution in [0.25, 0.3) is 11.1 Å². The lowest BCUT2D eigenvalue weighted by atomic mass is 10.1. The van der Waals surface area contributed by atoms with Crippen molar-refractivity contribution in [3.05, 3.63) is 57.5 Å². The van der Waals surface area contributed by atoms with Crippen molar-refractivity contribution in [1.29, 1.82) is 0 Å². The van der Waals surface area contributed by atoms with Crippen LogP contribution in [0.15, 0.2) is 51.4 Å². The first kappa shape index (κ1) is 9.94. The highest BCUT2D eigenvalue weighted by molar-refractivity contribution is 9.10. The van der Waals surface area contributed by atoms with E-state index in [0.29, 0.717) is 0 Å². The van der Waals surface area contributed by atoms with E-state index in [-0.39, 0.29) is 0 Å². The van der Waals surface area contributed by atoms with Gasteiger partial charge in [-0.1, -0.05) is 50.1 Å². The molecule has 0 spiro atoms. The van der Waals surface area contributed by atoms with Crippen molar-refractivity contribution in [3.63, 3.8) is 0 Å². The van der Waals surface area contributed by atoms with Gasteiger partial charge in [-0.2, -0.15) is 0 Å². The maximum absolute atomic E-state index is 3.45. The molecular weight excluding hydrogens is 304 g/mol. The van der Waals surface area contributed by atoms with Gasteiger partial charge in [-0.25, -0.2) is 0 Å². The fraction of sp³-hybridized carbons (Fsp3) is 0. The summed E-state index contributed by atoms with van der Waals surface area (Å²) in [5.41, 5.74) is 2.27. The summed E-state index contributed by atoms with van der Waals surface area (Å²) in [5, 5.41) is 0. The molecule has 0 aromatic heterocycles. The Morgan fingerprint density at radius 2 is 1.71 bits per heavy atom. The second kappa shape index (κ2) is 4.28. The molecule has 0 bridgehead atoms. The molecule has 0 saturated carbocycles. The maximum Gasteiger partial charge on any atom is 0.0181 e. The molecule has 0 nitrogen and oxygen atoms in total. The molecule has 0 aliphatic carbocycles. The number of halogens is 2. The third-order valence-electron chi connectivity index (χ3n) is 1.90. The Morgan fingerprint density at radius 3 is 2.43 bits per heavy atom. The summed E-state index contributed by atoms with van der Waals surface area (Å²) < 4.78 is 2.16. The summed E-state index contributed by atoms with van der Waals surface area (Å²) in [6, 6.07) is 17.3. The van der Waals surface area contributed by atoms with Gasteiger partial charge < -0.3 is 0 Å². The van der Waals surface area contributed by atoms with Crippen LogP contribution in [0.3, 0.4) is 0 Å². The van der Waals surface area contributed by atoms with Gasteiger partial charge >= 0.3 is 0 Å². The maximum atomic E-state index is 3.45. The van der Waals surface area contributed by atoms with Crippen molar-refractivity contribution in [2.75, 3.05) is 0 Å². The summed E-state index contributed by atoms with van der Waals surface area (Å²) >= 11 is 6.90. The quantitative estimate of drug-likeness (QED) is 0.717. The van der Waals surface area contributed by atoms with E-state index in [9.17, 15) is 0 Å². The Morgan fingerprint density at radius 1 is 0.929 bits per heavy atom. The topological polar surface area (TPSA) is 0 Å². The van der Waals surface area contributed by atoms with Gasteiger partial charge in [-0.05, 0) is 41.5 Å². The molecular formula is C12H7Br2. The van der Waals surface area contributed by atoms with E-state index in [1.54, 1.807) is 0 Å². The van der Waals surface area contributed by atoms with E-state index in [1.807, 2.05) is 24.3 Å². The molecule has 0 aliphatic heterocycles. The second-order valence-electron chi connectivity index (χ2n) is 2.93. The average Bonchev–Trinajstić information content (AvgIpc) is 2.18. The first-order valence-electron chi connectivity index (χ1n) is 4.19. The van der Waals surface area contributed by atoms with Gasteiger partial charge in [0.25, 0.3) is 0 Å². The first-order valence-corrected chi connectivity index (χ1v) is 5.77. The van der Waals surface area contributed by atoms with Crippen molar-refractivity contribution in [1.82, 2.24) is 0 Å². The highest BCUT2D eigenvalue weighted by atomic mass is 79.9. The molecule has 0 saturated heterocycles. The van der Waals surface area contributed by atoms with Gasteiger partial charge in [0, 0.05) is 8.95 Å². The van der Waals surface area contributed by atoms with Crippen LogP contribution >= 0.6 is 31.9 Å². The molecule has 0 amide bonds. The van der Waals surface area contributed by atoms with E-state index in [0.717, 1.165) is 14.5 Å². The predicted octanol–water partition coefficient (Wildman–Crippen LogP) is 4.68. The van der Waals surface area contributed by atoms with Crippen molar-refractivity contribution in [3.8, 4) is 11.1 Å². The van der Waals surface area contributed by atoms with Crippen molar-refractivity contribution in [2.45, 2.75) is 0 Å². The van der Waals surface area contributed by atoms with Crippen LogP contribution in [0.4, 0.5) is 0 Å². The minimum absolute atomic E-state index is 1.08. The van der Waals surface area contributed by atoms with Gasteiger partial charge in [0.1, 0.15) is 0 Å². The van der Waals surface area contributed by atoms with Gasteiger partial charge in [-0.3, -0.25) is 0 Å². The average molecular weight is 311 g/mol. The predicted molar refractivity (Wildman–Crippen MR) is 66.1 cm³/mol. The molecule has 2 aromatic carbocycles. The minimum atomic E-state index is 1.08. The van der Waals surface area contributed by atoms with E-state index < -0.39 is 0 Å². The Bertz CT molecular complexity index is 406. The lowest BCUT2D eigenvalue weighted by molar-refractivity contribution is 1.56. The fourth-order valence-corrected chi connectivity index (χ4v) is 2.02. The van der Waals surface area contributed by atoms with Crippen LogP contribution < -0.4 is 0 Å². The molecule has 0 N–H and O–H groups in total. The number of benzene rings is 2. The monoisotopic (exact) mass is 309 g/mol. The van der Waals surface area contributed by atoms with E-state index in [4.69, 9.17) is 0 Å². The van der Waals surface area contributed by atoms with Gasteiger partial charge in [0.2, 0.25) is 0 Å². The molecule has 0 unspecified atom stereocenters. The summed E-state index contributed by atoms with van der Waals surface area (Å²) in [6.45, 7) is 0. The summed E-state index contributed by atoms with van der Waals surface area (Å²) in [7, 11) is 0. The Kier molecular flexibility index (Phi) is 3.04. The van der Waals surface area contributed by atoms with E-state index >= 15 is 0 Å². The number of hydrogen-bond acceptors (Lipinski definition) is 0. The Balaban J connectivity index is 2.49. The number of hydrogen-bond donors (Lipinski definition) is 0. The van der Waals surface area contributed by atoms with E-state index in [2.05, 4.69) is 56.1 Å². The van der Waals surface area contributed by atoms with Crippen LogP contribution in [0, 0.1) is 6.07 Å². The number of rotatable bonds is 1. The molecule has 2 rings (SSSR count). The molecule has 69 valence electrons. The lowest BCUT2D eigenvalue weighted by Crippen LogP contribution is -1.77.